The van der Waals surface area contributed by atoms with E-state index in [0.29, 0.717) is 13.0 Å². The Morgan fingerprint density at radius 1 is 1.50 bits per heavy atom. The fourth-order valence-corrected chi connectivity index (χ4v) is 3.30. The second-order valence-corrected chi connectivity index (χ2v) is 6.01. The first-order valence-electron chi connectivity index (χ1n) is 8.03. The van der Waals surface area contributed by atoms with Crippen molar-refractivity contribution in [2.24, 2.45) is 0 Å². The fraction of sp³-hybridized carbons (Fsp3) is 0.588. The van der Waals surface area contributed by atoms with E-state index in [2.05, 4.69) is 22.8 Å². The monoisotopic (exact) mass is 304 g/mol. The van der Waals surface area contributed by atoms with Crippen molar-refractivity contribution in [2.75, 3.05) is 26.9 Å². The Morgan fingerprint density at radius 3 is 3.18 bits per heavy atom. The van der Waals surface area contributed by atoms with Crippen molar-refractivity contribution < 1.29 is 14.3 Å². The lowest BCUT2D eigenvalue weighted by atomic mass is 9.87. The predicted octanol–water partition coefficient (Wildman–Crippen LogP) is 1.57. The number of hydrogen-bond acceptors (Lipinski definition) is 4. The lowest BCUT2D eigenvalue weighted by Gasteiger charge is -2.28. The molecule has 5 heteroatoms. The van der Waals surface area contributed by atoms with Crippen LogP contribution in [0.25, 0.3) is 0 Å². The van der Waals surface area contributed by atoms with Crippen LogP contribution in [-0.4, -0.2) is 38.8 Å². The van der Waals surface area contributed by atoms with Gasteiger partial charge in [-0.25, -0.2) is 0 Å². The topological polar surface area (TPSA) is 59.6 Å². The second kappa shape index (κ2) is 7.11. The quantitative estimate of drug-likeness (QED) is 0.886. The summed E-state index contributed by atoms with van der Waals surface area (Å²) >= 11 is 0. The van der Waals surface area contributed by atoms with Gasteiger partial charge in [0.25, 0.3) is 0 Å². The van der Waals surface area contributed by atoms with Crippen LogP contribution >= 0.6 is 0 Å². The summed E-state index contributed by atoms with van der Waals surface area (Å²) < 4.78 is 10.7. The molecule has 0 aromatic heterocycles. The standard InChI is InChI=1S/C17H24N2O3/c1-21-14-5-6-15-12(9-14)3-2-4-16(15)19-17(20)10-13-11-22-8-7-18-13/h5-6,9,13,16,18H,2-4,7-8,10-11H2,1H3,(H,19,20). The van der Waals surface area contributed by atoms with Crippen LogP contribution in [0.3, 0.4) is 0 Å². The summed E-state index contributed by atoms with van der Waals surface area (Å²) in [5, 5.41) is 6.50. The Morgan fingerprint density at radius 2 is 2.41 bits per heavy atom. The van der Waals surface area contributed by atoms with E-state index < -0.39 is 0 Å². The normalized spacial score (nSPS) is 24.4. The smallest absolute Gasteiger partial charge is 0.222 e. The van der Waals surface area contributed by atoms with Gasteiger partial charge < -0.3 is 20.1 Å². The lowest BCUT2D eigenvalue weighted by Crippen LogP contribution is -2.44. The Kier molecular flexibility index (Phi) is 4.95. The summed E-state index contributed by atoms with van der Waals surface area (Å²) in [4.78, 5) is 12.3. The first kappa shape index (κ1) is 15.3. The molecule has 2 atom stereocenters. The van der Waals surface area contributed by atoms with Crippen LogP contribution in [0.15, 0.2) is 18.2 Å². The zero-order chi connectivity index (χ0) is 15.4. The number of ether oxygens (including phenoxy) is 2. The van der Waals surface area contributed by atoms with Gasteiger partial charge in [0, 0.05) is 19.0 Å². The third-order valence-electron chi connectivity index (χ3n) is 4.43. The summed E-state index contributed by atoms with van der Waals surface area (Å²) in [5.41, 5.74) is 2.52. The number of aryl methyl sites for hydroxylation is 1. The third kappa shape index (κ3) is 3.59. The molecule has 1 heterocycles. The molecule has 1 aliphatic heterocycles. The molecule has 0 spiro atoms. The highest BCUT2D eigenvalue weighted by molar-refractivity contribution is 5.77. The van der Waals surface area contributed by atoms with Gasteiger partial charge in [-0.05, 0) is 42.5 Å². The maximum absolute atomic E-state index is 12.3. The van der Waals surface area contributed by atoms with Gasteiger partial charge in [0.1, 0.15) is 5.75 Å². The largest absolute Gasteiger partial charge is 0.497 e. The molecule has 22 heavy (non-hydrogen) atoms. The van der Waals surface area contributed by atoms with Gasteiger partial charge in [-0.3, -0.25) is 4.79 Å². The molecule has 2 aliphatic rings. The van der Waals surface area contributed by atoms with Crippen molar-refractivity contribution in [1.82, 2.24) is 10.6 Å². The summed E-state index contributed by atoms with van der Waals surface area (Å²) in [6.07, 6.45) is 3.62. The van der Waals surface area contributed by atoms with E-state index >= 15 is 0 Å². The van der Waals surface area contributed by atoms with Crippen molar-refractivity contribution in [2.45, 2.75) is 37.8 Å². The average molecular weight is 304 g/mol. The van der Waals surface area contributed by atoms with Crippen molar-refractivity contribution >= 4 is 5.91 Å². The summed E-state index contributed by atoms with van der Waals surface area (Å²) in [5.74, 6) is 0.978. The fourth-order valence-electron chi connectivity index (χ4n) is 3.30. The predicted molar refractivity (Wildman–Crippen MR) is 84.0 cm³/mol. The number of hydrogen-bond donors (Lipinski definition) is 2. The number of amides is 1. The van der Waals surface area contributed by atoms with Crippen LogP contribution in [-0.2, 0) is 16.0 Å². The zero-order valence-corrected chi connectivity index (χ0v) is 13.1. The van der Waals surface area contributed by atoms with E-state index in [9.17, 15) is 4.79 Å². The zero-order valence-electron chi connectivity index (χ0n) is 13.1. The highest BCUT2D eigenvalue weighted by Crippen LogP contribution is 2.32. The van der Waals surface area contributed by atoms with Crippen LogP contribution < -0.4 is 15.4 Å². The molecule has 1 aromatic carbocycles. The van der Waals surface area contributed by atoms with Crippen LogP contribution in [0.1, 0.15) is 36.4 Å². The molecule has 5 nitrogen and oxygen atoms in total. The average Bonchev–Trinajstić information content (AvgIpc) is 2.55. The molecule has 120 valence electrons. The second-order valence-electron chi connectivity index (χ2n) is 6.01. The summed E-state index contributed by atoms with van der Waals surface area (Å²) in [6.45, 7) is 2.17. The minimum atomic E-state index is 0.0941. The van der Waals surface area contributed by atoms with Crippen LogP contribution in [0, 0.1) is 0 Å². The maximum atomic E-state index is 12.3. The Bertz CT molecular complexity index is 527. The number of fused-ring (bicyclic) bond motifs is 1. The first-order valence-corrected chi connectivity index (χ1v) is 8.03. The number of carbonyl (C=O) groups is 1. The lowest BCUT2D eigenvalue weighted by molar-refractivity contribution is -0.123. The molecular weight excluding hydrogens is 280 g/mol. The Hall–Kier alpha value is -1.59. The number of methoxy groups -OCH3 is 1. The highest BCUT2D eigenvalue weighted by atomic mass is 16.5. The van der Waals surface area contributed by atoms with Gasteiger partial charge in [-0.2, -0.15) is 0 Å². The van der Waals surface area contributed by atoms with E-state index in [4.69, 9.17) is 9.47 Å². The van der Waals surface area contributed by atoms with Gasteiger partial charge in [0.05, 0.1) is 26.4 Å². The van der Waals surface area contributed by atoms with Gasteiger partial charge in [0.2, 0.25) is 5.91 Å². The molecule has 1 fully saturated rings. The summed E-state index contributed by atoms with van der Waals surface area (Å²) in [7, 11) is 1.68. The van der Waals surface area contributed by atoms with Crippen molar-refractivity contribution in [3.8, 4) is 5.75 Å². The number of rotatable bonds is 4. The van der Waals surface area contributed by atoms with E-state index in [0.717, 1.165) is 38.2 Å². The van der Waals surface area contributed by atoms with Crippen LogP contribution in [0.5, 0.6) is 5.75 Å². The molecule has 0 saturated carbocycles. The van der Waals surface area contributed by atoms with Gasteiger partial charge in [-0.15, -0.1) is 0 Å². The first-order chi connectivity index (χ1) is 10.8. The Balaban J connectivity index is 1.62. The third-order valence-corrected chi connectivity index (χ3v) is 4.43. The molecule has 2 unspecified atom stereocenters. The molecule has 2 N–H and O–H groups in total. The molecule has 0 bridgehead atoms. The molecular formula is C17H24N2O3. The minimum absolute atomic E-state index is 0.0941. The maximum Gasteiger partial charge on any atom is 0.222 e. The molecule has 0 radical (unpaired) electrons. The van der Waals surface area contributed by atoms with Gasteiger partial charge >= 0.3 is 0 Å². The van der Waals surface area contributed by atoms with Crippen molar-refractivity contribution in [3.63, 3.8) is 0 Å². The van der Waals surface area contributed by atoms with E-state index in [1.165, 1.54) is 11.1 Å². The van der Waals surface area contributed by atoms with E-state index in [-0.39, 0.29) is 18.0 Å². The number of carbonyl (C=O) groups excluding carboxylic acids is 1. The molecule has 1 aromatic rings. The molecule has 3 rings (SSSR count). The SMILES string of the molecule is COc1ccc2c(c1)CCCC2NC(=O)CC1COCCN1. The highest BCUT2D eigenvalue weighted by Gasteiger charge is 2.24. The molecule has 1 saturated heterocycles. The number of nitrogens with one attached hydrogen (secondary N) is 2. The van der Waals surface area contributed by atoms with Crippen molar-refractivity contribution in [1.29, 1.82) is 0 Å². The number of morpholine rings is 1. The van der Waals surface area contributed by atoms with Crippen LogP contribution in [0.4, 0.5) is 0 Å². The van der Waals surface area contributed by atoms with E-state index in [1.807, 2.05) is 6.07 Å². The van der Waals surface area contributed by atoms with Gasteiger partial charge in [0.15, 0.2) is 0 Å². The van der Waals surface area contributed by atoms with Crippen molar-refractivity contribution in [3.05, 3.63) is 29.3 Å². The van der Waals surface area contributed by atoms with Gasteiger partial charge in [-0.1, -0.05) is 6.07 Å². The number of benzene rings is 1. The Labute approximate surface area is 131 Å². The van der Waals surface area contributed by atoms with Crippen LogP contribution in [0.2, 0.25) is 0 Å². The summed E-state index contributed by atoms with van der Waals surface area (Å²) in [6, 6.07) is 6.39. The minimum Gasteiger partial charge on any atom is -0.497 e. The van der Waals surface area contributed by atoms with E-state index in [1.54, 1.807) is 7.11 Å². The molecule has 1 amide bonds. The molecule has 1 aliphatic carbocycles.